The molecule has 0 spiro atoms. The lowest BCUT2D eigenvalue weighted by atomic mass is 10.0. The number of nitrogens with zero attached hydrogens (tertiary/aromatic N) is 1. The highest BCUT2D eigenvalue weighted by Gasteiger charge is 2.39. The van der Waals surface area contributed by atoms with Crippen LogP contribution in [0, 0.1) is 13.8 Å². The molecule has 0 unspecified atom stereocenters. The third-order valence-electron chi connectivity index (χ3n) is 5.69. The third-order valence-corrected chi connectivity index (χ3v) is 5.69. The van der Waals surface area contributed by atoms with Crippen LogP contribution in [0.3, 0.4) is 0 Å². The average molecular weight is 443 g/mol. The number of methoxy groups -OCH3 is 2. The molecule has 6 nitrogen and oxygen atoms in total. The molecule has 4 rings (SSSR count). The summed E-state index contributed by atoms with van der Waals surface area (Å²) in [5.41, 5.74) is 5.00. The van der Waals surface area contributed by atoms with Crippen molar-refractivity contribution >= 4 is 23.1 Å². The van der Waals surface area contributed by atoms with Gasteiger partial charge in [-0.3, -0.25) is 14.5 Å². The van der Waals surface area contributed by atoms with Gasteiger partial charge in [0, 0.05) is 5.69 Å². The van der Waals surface area contributed by atoms with E-state index in [0.29, 0.717) is 22.6 Å². The van der Waals surface area contributed by atoms with E-state index in [1.807, 2.05) is 56.3 Å². The Bertz CT molecular complexity index is 1230. The Hall–Kier alpha value is -4.06. The first-order chi connectivity index (χ1) is 15.9. The average Bonchev–Trinajstić information content (AvgIpc) is 3.05. The monoisotopic (exact) mass is 442 g/mol. The summed E-state index contributed by atoms with van der Waals surface area (Å²) in [6.07, 6.45) is 0. The lowest BCUT2D eigenvalue weighted by molar-refractivity contribution is -0.137. The van der Waals surface area contributed by atoms with Gasteiger partial charge in [-0.1, -0.05) is 42.0 Å². The number of amides is 2. The molecule has 0 fully saturated rings. The van der Waals surface area contributed by atoms with Gasteiger partial charge in [0.05, 0.1) is 26.3 Å². The molecule has 6 heteroatoms. The van der Waals surface area contributed by atoms with Crippen molar-refractivity contribution < 1.29 is 19.1 Å². The Morgan fingerprint density at radius 3 is 1.97 bits per heavy atom. The Morgan fingerprint density at radius 2 is 1.39 bits per heavy atom. The van der Waals surface area contributed by atoms with Gasteiger partial charge in [-0.05, 0) is 60.9 Å². The van der Waals surface area contributed by atoms with Crippen molar-refractivity contribution in [3.8, 4) is 11.5 Å². The molecule has 0 bridgehead atoms. The second-order valence-corrected chi connectivity index (χ2v) is 7.97. The molecule has 0 saturated heterocycles. The van der Waals surface area contributed by atoms with Crippen molar-refractivity contribution in [1.29, 1.82) is 0 Å². The van der Waals surface area contributed by atoms with Crippen molar-refractivity contribution in [3.05, 3.63) is 94.7 Å². The zero-order chi connectivity index (χ0) is 23.5. The summed E-state index contributed by atoms with van der Waals surface area (Å²) < 4.78 is 10.4. The fourth-order valence-electron chi connectivity index (χ4n) is 3.86. The number of rotatable bonds is 7. The second kappa shape index (κ2) is 9.20. The topological polar surface area (TPSA) is 67.9 Å². The molecule has 0 aliphatic carbocycles. The zero-order valence-corrected chi connectivity index (χ0v) is 19.1. The molecule has 168 valence electrons. The first-order valence-corrected chi connectivity index (χ1v) is 10.6. The number of anilines is 1. The predicted octanol–water partition coefficient (Wildman–Crippen LogP) is 4.71. The van der Waals surface area contributed by atoms with Crippen molar-refractivity contribution in [2.75, 3.05) is 19.5 Å². The standard InChI is InChI=1S/C27H26N2O4/c1-17-5-14-23(18(2)15-17)28-25-24(20-8-12-22(33-4)13-9-20)26(30)29(27(25)31)16-19-6-10-21(32-3)11-7-19/h5-15,28H,16H2,1-4H3. The van der Waals surface area contributed by atoms with Crippen molar-refractivity contribution in [2.24, 2.45) is 0 Å². The summed E-state index contributed by atoms with van der Waals surface area (Å²) in [6, 6.07) is 20.4. The molecule has 0 saturated carbocycles. The van der Waals surface area contributed by atoms with Gasteiger partial charge in [-0.2, -0.15) is 0 Å². The summed E-state index contributed by atoms with van der Waals surface area (Å²) in [4.78, 5) is 28.2. The van der Waals surface area contributed by atoms with Gasteiger partial charge in [0.25, 0.3) is 11.8 Å². The summed E-state index contributed by atoms with van der Waals surface area (Å²) in [6.45, 7) is 4.15. The highest BCUT2D eigenvalue weighted by Crippen LogP contribution is 2.33. The minimum absolute atomic E-state index is 0.166. The van der Waals surface area contributed by atoms with E-state index in [0.717, 1.165) is 22.4 Å². The Kier molecular flexibility index (Phi) is 6.18. The van der Waals surface area contributed by atoms with Gasteiger partial charge in [0.2, 0.25) is 0 Å². The number of ether oxygens (including phenoxy) is 2. The van der Waals surface area contributed by atoms with Crippen LogP contribution >= 0.6 is 0 Å². The minimum atomic E-state index is -0.360. The molecule has 33 heavy (non-hydrogen) atoms. The van der Waals surface area contributed by atoms with Gasteiger partial charge in [-0.25, -0.2) is 0 Å². The van der Waals surface area contributed by atoms with E-state index in [1.54, 1.807) is 38.5 Å². The number of nitrogens with one attached hydrogen (secondary N) is 1. The number of carbonyl (C=O) groups is 2. The lowest BCUT2D eigenvalue weighted by Gasteiger charge is -2.16. The lowest BCUT2D eigenvalue weighted by Crippen LogP contribution is -2.32. The molecular weight excluding hydrogens is 416 g/mol. The first-order valence-electron chi connectivity index (χ1n) is 10.6. The number of aryl methyl sites for hydroxylation is 2. The zero-order valence-electron chi connectivity index (χ0n) is 19.1. The second-order valence-electron chi connectivity index (χ2n) is 7.97. The number of imide groups is 1. The van der Waals surface area contributed by atoms with Crippen LogP contribution in [0.25, 0.3) is 5.57 Å². The van der Waals surface area contributed by atoms with Gasteiger partial charge in [-0.15, -0.1) is 0 Å². The van der Waals surface area contributed by atoms with Gasteiger partial charge in [0.15, 0.2) is 0 Å². The maximum atomic E-state index is 13.5. The number of carbonyl (C=O) groups excluding carboxylic acids is 2. The summed E-state index contributed by atoms with van der Waals surface area (Å²) in [5.74, 6) is 0.692. The fourth-order valence-corrected chi connectivity index (χ4v) is 3.86. The summed E-state index contributed by atoms with van der Waals surface area (Å²) >= 11 is 0. The molecule has 1 aliphatic rings. The SMILES string of the molecule is COc1ccc(CN2C(=O)C(Nc3ccc(C)cc3C)=C(c3ccc(OC)cc3)C2=O)cc1. The Morgan fingerprint density at radius 1 is 0.788 bits per heavy atom. The van der Waals surface area contributed by atoms with E-state index >= 15 is 0 Å². The molecule has 2 amide bonds. The fraction of sp³-hybridized carbons (Fsp3) is 0.185. The van der Waals surface area contributed by atoms with E-state index < -0.39 is 0 Å². The normalized spacial score (nSPS) is 13.5. The van der Waals surface area contributed by atoms with E-state index in [9.17, 15) is 9.59 Å². The molecule has 1 aliphatic heterocycles. The first kappa shape index (κ1) is 22.1. The highest BCUT2D eigenvalue weighted by molar-refractivity contribution is 6.36. The molecular formula is C27H26N2O4. The maximum Gasteiger partial charge on any atom is 0.278 e. The minimum Gasteiger partial charge on any atom is -0.497 e. The van der Waals surface area contributed by atoms with Crippen LogP contribution in [0.1, 0.15) is 22.3 Å². The number of hydrogen-bond acceptors (Lipinski definition) is 5. The molecule has 0 atom stereocenters. The molecule has 3 aromatic carbocycles. The maximum absolute atomic E-state index is 13.5. The van der Waals surface area contributed by atoms with E-state index in [4.69, 9.17) is 9.47 Å². The molecule has 1 N–H and O–H groups in total. The smallest absolute Gasteiger partial charge is 0.278 e. The van der Waals surface area contributed by atoms with Gasteiger partial charge >= 0.3 is 0 Å². The van der Waals surface area contributed by atoms with Crippen LogP contribution in [-0.2, 0) is 16.1 Å². The van der Waals surface area contributed by atoms with Crippen LogP contribution < -0.4 is 14.8 Å². The van der Waals surface area contributed by atoms with E-state index in [1.165, 1.54) is 4.90 Å². The summed E-state index contributed by atoms with van der Waals surface area (Å²) in [5, 5.41) is 3.24. The molecule has 1 heterocycles. The van der Waals surface area contributed by atoms with Crippen LogP contribution in [0.2, 0.25) is 0 Å². The quantitative estimate of drug-likeness (QED) is 0.537. The van der Waals surface area contributed by atoms with Gasteiger partial charge in [0.1, 0.15) is 17.2 Å². The van der Waals surface area contributed by atoms with Gasteiger partial charge < -0.3 is 14.8 Å². The van der Waals surface area contributed by atoms with Crippen molar-refractivity contribution in [2.45, 2.75) is 20.4 Å². The van der Waals surface area contributed by atoms with Crippen LogP contribution in [0.15, 0.2) is 72.4 Å². The van der Waals surface area contributed by atoms with Crippen LogP contribution in [-0.4, -0.2) is 30.9 Å². The molecule has 3 aromatic rings. The Balaban J connectivity index is 1.72. The van der Waals surface area contributed by atoms with E-state index in [2.05, 4.69) is 5.32 Å². The third kappa shape index (κ3) is 4.46. The van der Waals surface area contributed by atoms with Crippen molar-refractivity contribution in [3.63, 3.8) is 0 Å². The Labute approximate surface area is 193 Å². The van der Waals surface area contributed by atoms with Crippen LogP contribution in [0.4, 0.5) is 5.69 Å². The largest absolute Gasteiger partial charge is 0.497 e. The number of benzene rings is 3. The summed E-state index contributed by atoms with van der Waals surface area (Å²) in [7, 11) is 3.18. The molecule has 0 radical (unpaired) electrons. The number of hydrogen-bond donors (Lipinski definition) is 1. The predicted molar refractivity (Wildman–Crippen MR) is 128 cm³/mol. The molecule has 0 aromatic heterocycles. The highest BCUT2D eigenvalue weighted by atomic mass is 16.5. The van der Waals surface area contributed by atoms with Crippen molar-refractivity contribution in [1.82, 2.24) is 4.90 Å². The van der Waals surface area contributed by atoms with E-state index in [-0.39, 0.29) is 24.1 Å². The van der Waals surface area contributed by atoms with Crippen LogP contribution in [0.5, 0.6) is 11.5 Å².